The molecule has 0 bridgehead atoms. The average Bonchev–Trinajstić information content (AvgIpc) is 2.63. The summed E-state index contributed by atoms with van der Waals surface area (Å²) in [6.45, 7) is 6.93. The molecule has 1 aliphatic rings. The van der Waals surface area contributed by atoms with E-state index in [1.807, 2.05) is 0 Å². The molecule has 0 radical (unpaired) electrons. The van der Waals surface area contributed by atoms with E-state index in [4.69, 9.17) is 9.47 Å². The van der Waals surface area contributed by atoms with Crippen LogP contribution < -0.4 is 10.1 Å². The highest BCUT2D eigenvalue weighted by molar-refractivity contribution is 5.45. The molecule has 100 valence electrons. The molecule has 0 atom stereocenters. The van der Waals surface area contributed by atoms with E-state index >= 15 is 0 Å². The van der Waals surface area contributed by atoms with Crippen LogP contribution in [-0.2, 0) is 17.7 Å². The molecule has 3 nitrogen and oxygen atoms in total. The van der Waals surface area contributed by atoms with Crippen LogP contribution >= 0.6 is 0 Å². The van der Waals surface area contributed by atoms with Crippen LogP contribution in [0.4, 0.5) is 0 Å². The molecular formula is C15H23NO2. The number of rotatable bonds is 6. The largest absolute Gasteiger partial charge is 0.487 e. The molecule has 1 aliphatic heterocycles. The van der Waals surface area contributed by atoms with Crippen molar-refractivity contribution in [3.8, 4) is 5.75 Å². The summed E-state index contributed by atoms with van der Waals surface area (Å²) in [5, 5.41) is 3.43. The third-order valence-corrected chi connectivity index (χ3v) is 3.19. The molecule has 3 heteroatoms. The Kier molecular flexibility index (Phi) is 4.25. The van der Waals surface area contributed by atoms with Gasteiger partial charge in [-0.2, -0.15) is 0 Å². The first-order chi connectivity index (χ1) is 8.62. The van der Waals surface area contributed by atoms with Crippen LogP contribution in [0.5, 0.6) is 5.75 Å². The SMILES string of the molecule is COCCCNCc1cccc2c1OC(C)(C)C2. The van der Waals surface area contributed by atoms with E-state index in [1.54, 1.807) is 7.11 Å². The van der Waals surface area contributed by atoms with Gasteiger partial charge in [0.1, 0.15) is 11.4 Å². The second-order valence-corrected chi connectivity index (χ2v) is 5.47. The second-order valence-electron chi connectivity index (χ2n) is 5.47. The van der Waals surface area contributed by atoms with Gasteiger partial charge in [-0.1, -0.05) is 18.2 Å². The summed E-state index contributed by atoms with van der Waals surface area (Å²) in [5.41, 5.74) is 2.53. The van der Waals surface area contributed by atoms with Crippen LogP contribution in [0.3, 0.4) is 0 Å². The summed E-state index contributed by atoms with van der Waals surface area (Å²) in [4.78, 5) is 0. The Bertz CT molecular complexity index is 401. The Labute approximate surface area is 109 Å². The molecule has 1 heterocycles. The molecule has 0 unspecified atom stereocenters. The van der Waals surface area contributed by atoms with Crippen LogP contribution in [-0.4, -0.2) is 25.9 Å². The normalized spacial score (nSPS) is 16.4. The van der Waals surface area contributed by atoms with E-state index in [2.05, 4.69) is 37.4 Å². The highest BCUT2D eigenvalue weighted by Crippen LogP contribution is 2.37. The third kappa shape index (κ3) is 3.24. The number of para-hydroxylation sites is 1. The number of methoxy groups -OCH3 is 1. The van der Waals surface area contributed by atoms with Crippen molar-refractivity contribution in [1.29, 1.82) is 0 Å². The summed E-state index contributed by atoms with van der Waals surface area (Å²) in [6.07, 6.45) is 2.04. The van der Waals surface area contributed by atoms with Gasteiger partial charge in [0.2, 0.25) is 0 Å². The van der Waals surface area contributed by atoms with Crippen LogP contribution in [0.2, 0.25) is 0 Å². The number of fused-ring (bicyclic) bond motifs is 1. The molecule has 18 heavy (non-hydrogen) atoms. The molecule has 0 aliphatic carbocycles. The van der Waals surface area contributed by atoms with Crippen LogP contribution in [0.15, 0.2) is 18.2 Å². The number of nitrogens with one attached hydrogen (secondary N) is 1. The van der Waals surface area contributed by atoms with E-state index in [-0.39, 0.29) is 5.60 Å². The third-order valence-electron chi connectivity index (χ3n) is 3.19. The zero-order valence-electron chi connectivity index (χ0n) is 11.6. The van der Waals surface area contributed by atoms with Gasteiger partial charge < -0.3 is 14.8 Å². The summed E-state index contributed by atoms with van der Waals surface area (Å²) in [5.74, 6) is 1.08. The van der Waals surface area contributed by atoms with Gasteiger partial charge in [-0.05, 0) is 32.4 Å². The lowest BCUT2D eigenvalue weighted by Crippen LogP contribution is -2.25. The fourth-order valence-corrected chi connectivity index (χ4v) is 2.38. The zero-order valence-corrected chi connectivity index (χ0v) is 11.6. The average molecular weight is 249 g/mol. The molecule has 0 saturated heterocycles. The van der Waals surface area contributed by atoms with Crippen molar-refractivity contribution >= 4 is 0 Å². The summed E-state index contributed by atoms with van der Waals surface area (Å²) in [7, 11) is 1.74. The molecule has 1 aromatic rings. The monoisotopic (exact) mass is 249 g/mol. The van der Waals surface area contributed by atoms with Crippen molar-refractivity contribution in [2.24, 2.45) is 0 Å². The van der Waals surface area contributed by atoms with Gasteiger partial charge in [-0.25, -0.2) is 0 Å². The first-order valence-electron chi connectivity index (χ1n) is 6.62. The van der Waals surface area contributed by atoms with Crippen molar-refractivity contribution in [1.82, 2.24) is 5.32 Å². The van der Waals surface area contributed by atoms with Gasteiger partial charge in [0, 0.05) is 32.2 Å². The van der Waals surface area contributed by atoms with E-state index in [9.17, 15) is 0 Å². The summed E-state index contributed by atoms with van der Waals surface area (Å²) < 4.78 is 11.1. The van der Waals surface area contributed by atoms with E-state index in [0.29, 0.717) is 0 Å². The fraction of sp³-hybridized carbons (Fsp3) is 0.600. The minimum atomic E-state index is -0.0610. The first kappa shape index (κ1) is 13.4. The van der Waals surface area contributed by atoms with Gasteiger partial charge >= 0.3 is 0 Å². The van der Waals surface area contributed by atoms with E-state index in [0.717, 1.165) is 38.3 Å². The molecular weight excluding hydrogens is 226 g/mol. The van der Waals surface area contributed by atoms with Crippen molar-refractivity contribution in [3.63, 3.8) is 0 Å². The Balaban J connectivity index is 1.93. The highest BCUT2D eigenvalue weighted by atomic mass is 16.5. The molecule has 0 amide bonds. The Morgan fingerprint density at radius 3 is 3.00 bits per heavy atom. The quantitative estimate of drug-likeness (QED) is 0.786. The molecule has 0 aromatic heterocycles. The lowest BCUT2D eigenvalue weighted by atomic mass is 10.0. The van der Waals surface area contributed by atoms with Gasteiger partial charge in [-0.15, -0.1) is 0 Å². The van der Waals surface area contributed by atoms with Crippen molar-refractivity contribution in [2.45, 2.75) is 38.8 Å². The maximum atomic E-state index is 6.04. The number of hydrogen-bond acceptors (Lipinski definition) is 3. The second kappa shape index (κ2) is 5.72. The topological polar surface area (TPSA) is 30.5 Å². The van der Waals surface area contributed by atoms with Crippen molar-refractivity contribution in [3.05, 3.63) is 29.3 Å². The van der Waals surface area contributed by atoms with Crippen molar-refractivity contribution in [2.75, 3.05) is 20.3 Å². The minimum Gasteiger partial charge on any atom is -0.487 e. The Hall–Kier alpha value is -1.06. The minimum absolute atomic E-state index is 0.0610. The van der Waals surface area contributed by atoms with Crippen LogP contribution in [0, 0.1) is 0 Å². The summed E-state index contributed by atoms with van der Waals surface area (Å²) >= 11 is 0. The van der Waals surface area contributed by atoms with Gasteiger partial charge in [0.25, 0.3) is 0 Å². The van der Waals surface area contributed by atoms with E-state index in [1.165, 1.54) is 11.1 Å². The summed E-state index contributed by atoms with van der Waals surface area (Å²) in [6, 6.07) is 6.43. The van der Waals surface area contributed by atoms with Gasteiger partial charge in [-0.3, -0.25) is 0 Å². The Morgan fingerprint density at radius 2 is 2.22 bits per heavy atom. The van der Waals surface area contributed by atoms with Crippen molar-refractivity contribution < 1.29 is 9.47 Å². The molecule has 0 spiro atoms. The Morgan fingerprint density at radius 1 is 1.39 bits per heavy atom. The van der Waals surface area contributed by atoms with E-state index < -0.39 is 0 Å². The lowest BCUT2D eigenvalue weighted by molar-refractivity contribution is 0.137. The maximum Gasteiger partial charge on any atom is 0.127 e. The molecule has 2 rings (SSSR count). The van der Waals surface area contributed by atoms with Crippen LogP contribution in [0.1, 0.15) is 31.4 Å². The fourth-order valence-electron chi connectivity index (χ4n) is 2.38. The first-order valence-corrected chi connectivity index (χ1v) is 6.62. The molecule has 1 N–H and O–H groups in total. The number of hydrogen-bond donors (Lipinski definition) is 1. The smallest absolute Gasteiger partial charge is 0.127 e. The molecule has 1 aromatic carbocycles. The highest BCUT2D eigenvalue weighted by Gasteiger charge is 2.31. The zero-order chi connectivity index (χ0) is 13.0. The molecule has 0 fully saturated rings. The lowest BCUT2D eigenvalue weighted by Gasteiger charge is -2.18. The standard InChI is InChI=1S/C15H23NO2/c1-15(2)10-12-6-4-7-13(14(12)18-15)11-16-8-5-9-17-3/h4,6-7,16H,5,8-11H2,1-3H3. The predicted octanol–water partition coefficient (Wildman–Crippen LogP) is 2.53. The number of benzene rings is 1. The predicted molar refractivity (Wildman–Crippen MR) is 73.1 cm³/mol. The van der Waals surface area contributed by atoms with Gasteiger partial charge in [0.05, 0.1) is 0 Å². The number of ether oxygens (including phenoxy) is 2. The maximum absolute atomic E-state index is 6.04. The molecule has 0 saturated carbocycles. The van der Waals surface area contributed by atoms with Crippen LogP contribution in [0.25, 0.3) is 0 Å². The van der Waals surface area contributed by atoms with Gasteiger partial charge in [0.15, 0.2) is 0 Å².